The van der Waals surface area contributed by atoms with Gasteiger partial charge in [-0.3, -0.25) is 0 Å². The lowest BCUT2D eigenvalue weighted by molar-refractivity contribution is -0.358. The van der Waals surface area contributed by atoms with Crippen LogP contribution in [-0.2, 0) is 0 Å². The van der Waals surface area contributed by atoms with Crippen LogP contribution >= 0.6 is 0 Å². The van der Waals surface area contributed by atoms with E-state index in [-0.39, 0.29) is 0 Å². The standard InChI is InChI=1S/C11H7F7O3/c12-9(13,10(14,15)11(16,17)18)5-21-7-3-1-2-6(4-7)8(19)20/h1-4H,5H2,(H,19,20). The third kappa shape index (κ3) is 3.56. The molecule has 3 nitrogen and oxygen atoms in total. The minimum Gasteiger partial charge on any atom is -0.487 e. The second-order valence-electron chi connectivity index (χ2n) is 3.90. The molecule has 0 atom stereocenters. The number of hydrogen-bond acceptors (Lipinski definition) is 2. The molecule has 21 heavy (non-hydrogen) atoms. The van der Waals surface area contributed by atoms with E-state index in [1.807, 2.05) is 0 Å². The molecular formula is C11H7F7O3. The fourth-order valence-corrected chi connectivity index (χ4v) is 1.19. The second-order valence-corrected chi connectivity index (χ2v) is 3.90. The van der Waals surface area contributed by atoms with Crippen molar-refractivity contribution in [2.24, 2.45) is 0 Å². The van der Waals surface area contributed by atoms with Gasteiger partial charge in [-0.05, 0) is 18.2 Å². The van der Waals surface area contributed by atoms with E-state index in [4.69, 9.17) is 5.11 Å². The second kappa shape index (κ2) is 5.41. The third-order valence-electron chi connectivity index (χ3n) is 2.32. The molecular weight excluding hydrogens is 313 g/mol. The van der Waals surface area contributed by atoms with Gasteiger partial charge < -0.3 is 9.84 Å². The molecule has 0 bridgehead atoms. The molecule has 0 saturated carbocycles. The first-order valence-electron chi connectivity index (χ1n) is 5.17. The van der Waals surface area contributed by atoms with E-state index in [0.717, 1.165) is 18.2 Å². The van der Waals surface area contributed by atoms with Crippen LogP contribution in [0, 0.1) is 0 Å². The summed E-state index contributed by atoms with van der Waals surface area (Å²) in [4.78, 5) is 10.6. The molecule has 0 heterocycles. The topological polar surface area (TPSA) is 46.5 Å². The summed E-state index contributed by atoms with van der Waals surface area (Å²) in [5.41, 5.74) is -0.404. The number of ether oxygens (including phenoxy) is 1. The molecule has 1 aromatic carbocycles. The van der Waals surface area contributed by atoms with E-state index in [1.165, 1.54) is 0 Å². The molecule has 0 aliphatic carbocycles. The number of carboxylic acid groups (broad SMARTS) is 1. The van der Waals surface area contributed by atoms with Gasteiger partial charge in [-0.2, -0.15) is 30.7 Å². The molecule has 0 radical (unpaired) electrons. The Labute approximate surface area is 112 Å². The van der Waals surface area contributed by atoms with Crippen molar-refractivity contribution in [2.75, 3.05) is 6.61 Å². The maximum absolute atomic E-state index is 12.9. The van der Waals surface area contributed by atoms with E-state index in [9.17, 15) is 35.5 Å². The van der Waals surface area contributed by atoms with E-state index in [1.54, 1.807) is 0 Å². The highest BCUT2D eigenvalue weighted by Crippen LogP contribution is 2.46. The number of rotatable bonds is 5. The average Bonchev–Trinajstić information content (AvgIpc) is 2.35. The summed E-state index contributed by atoms with van der Waals surface area (Å²) in [7, 11) is 0. The molecule has 0 unspecified atom stereocenters. The molecule has 1 N–H and O–H groups in total. The Morgan fingerprint density at radius 1 is 1.10 bits per heavy atom. The lowest BCUT2D eigenvalue weighted by Gasteiger charge is -2.27. The third-order valence-corrected chi connectivity index (χ3v) is 2.32. The lowest BCUT2D eigenvalue weighted by Crippen LogP contribution is -2.54. The first-order valence-corrected chi connectivity index (χ1v) is 5.17. The van der Waals surface area contributed by atoms with Gasteiger partial charge in [-0.1, -0.05) is 6.07 Å². The molecule has 0 amide bonds. The van der Waals surface area contributed by atoms with Crippen LogP contribution in [-0.4, -0.2) is 35.7 Å². The number of aromatic carboxylic acids is 1. The van der Waals surface area contributed by atoms with Crippen LogP contribution in [0.5, 0.6) is 5.75 Å². The van der Waals surface area contributed by atoms with Gasteiger partial charge in [0.25, 0.3) is 0 Å². The molecule has 10 heteroatoms. The Morgan fingerprint density at radius 3 is 2.14 bits per heavy atom. The van der Waals surface area contributed by atoms with E-state index in [0.29, 0.717) is 6.07 Å². The Morgan fingerprint density at radius 2 is 1.67 bits per heavy atom. The van der Waals surface area contributed by atoms with Crippen LogP contribution in [0.3, 0.4) is 0 Å². The highest BCUT2D eigenvalue weighted by Gasteiger charge is 2.73. The summed E-state index contributed by atoms with van der Waals surface area (Å²) >= 11 is 0. The zero-order valence-electron chi connectivity index (χ0n) is 9.93. The highest BCUT2D eigenvalue weighted by atomic mass is 19.4. The number of carboxylic acids is 1. The lowest BCUT2D eigenvalue weighted by atomic mass is 10.1. The van der Waals surface area contributed by atoms with Crippen molar-refractivity contribution in [3.05, 3.63) is 29.8 Å². The van der Waals surface area contributed by atoms with Crippen molar-refractivity contribution in [2.45, 2.75) is 18.0 Å². The summed E-state index contributed by atoms with van der Waals surface area (Å²) in [5, 5.41) is 8.60. The Bertz CT molecular complexity index is 525. The predicted octanol–water partition coefficient (Wildman–Crippen LogP) is 3.60. The van der Waals surface area contributed by atoms with E-state index < -0.39 is 41.9 Å². The normalized spacial score (nSPS) is 13.1. The van der Waals surface area contributed by atoms with Crippen molar-refractivity contribution in [1.82, 2.24) is 0 Å². The smallest absolute Gasteiger partial charge is 0.460 e. The number of alkyl halides is 7. The zero-order valence-corrected chi connectivity index (χ0v) is 9.93. The summed E-state index contributed by atoms with van der Waals surface area (Å²) < 4.78 is 90.7. The SMILES string of the molecule is O=C(O)c1cccc(OCC(F)(F)C(F)(F)C(F)(F)F)c1. The van der Waals surface area contributed by atoms with Crippen molar-refractivity contribution >= 4 is 5.97 Å². The van der Waals surface area contributed by atoms with Crippen molar-refractivity contribution in [3.8, 4) is 5.75 Å². The first kappa shape index (κ1) is 17.1. The van der Waals surface area contributed by atoms with Gasteiger partial charge in [0, 0.05) is 0 Å². The van der Waals surface area contributed by atoms with E-state index >= 15 is 0 Å². The number of hydrogen-bond donors (Lipinski definition) is 1. The van der Waals surface area contributed by atoms with Gasteiger partial charge >= 0.3 is 24.0 Å². The van der Waals surface area contributed by atoms with E-state index in [2.05, 4.69) is 4.74 Å². The molecule has 0 aliphatic heterocycles. The van der Waals surface area contributed by atoms with Gasteiger partial charge in [0.15, 0.2) is 6.61 Å². The minimum atomic E-state index is -6.44. The fourth-order valence-electron chi connectivity index (χ4n) is 1.19. The summed E-state index contributed by atoms with van der Waals surface area (Å²) in [6, 6.07) is 3.76. The predicted molar refractivity (Wildman–Crippen MR) is 54.8 cm³/mol. The first-order chi connectivity index (χ1) is 9.38. The van der Waals surface area contributed by atoms with Crippen LogP contribution in [0.4, 0.5) is 30.7 Å². The molecule has 0 saturated heterocycles. The van der Waals surface area contributed by atoms with Gasteiger partial charge in [-0.25, -0.2) is 4.79 Å². The van der Waals surface area contributed by atoms with Gasteiger partial charge in [0.1, 0.15) is 5.75 Å². The maximum Gasteiger partial charge on any atom is 0.460 e. The van der Waals surface area contributed by atoms with Gasteiger partial charge in [-0.15, -0.1) is 0 Å². The van der Waals surface area contributed by atoms with Crippen molar-refractivity contribution < 1.29 is 45.4 Å². The van der Waals surface area contributed by atoms with Crippen LogP contribution in [0.1, 0.15) is 10.4 Å². The zero-order chi connectivity index (χ0) is 16.5. The monoisotopic (exact) mass is 320 g/mol. The Hall–Kier alpha value is -2.00. The quantitative estimate of drug-likeness (QED) is 0.843. The van der Waals surface area contributed by atoms with Gasteiger partial charge in [0.2, 0.25) is 0 Å². The molecule has 0 aromatic heterocycles. The molecule has 1 rings (SSSR count). The number of halogens is 7. The Balaban J connectivity index is 2.87. The van der Waals surface area contributed by atoms with Crippen LogP contribution in [0.2, 0.25) is 0 Å². The van der Waals surface area contributed by atoms with Crippen LogP contribution in [0.25, 0.3) is 0 Å². The Kier molecular flexibility index (Phi) is 4.40. The molecule has 0 aliphatic rings. The number of carbonyl (C=O) groups is 1. The maximum atomic E-state index is 12.9. The average molecular weight is 320 g/mol. The van der Waals surface area contributed by atoms with Gasteiger partial charge in [0.05, 0.1) is 5.56 Å². The molecule has 118 valence electrons. The minimum absolute atomic E-state index is 0.404. The van der Waals surface area contributed by atoms with Crippen molar-refractivity contribution in [3.63, 3.8) is 0 Å². The summed E-state index contributed by atoms with van der Waals surface area (Å²) in [6.45, 7) is -2.26. The number of benzene rings is 1. The molecule has 1 aromatic rings. The van der Waals surface area contributed by atoms with Crippen LogP contribution in [0.15, 0.2) is 24.3 Å². The fraction of sp³-hybridized carbons (Fsp3) is 0.364. The van der Waals surface area contributed by atoms with Crippen molar-refractivity contribution in [1.29, 1.82) is 0 Å². The molecule has 0 spiro atoms. The molecule has 0 fully saturated rings. The summed E-state index contributed by atoms with van der Waals surface area (Å²) in [5.74, 6) is -13.8. The largest absolute Gasteiger partial charge is 0.487 e. The highest BCUT2D eigenvalue weighted by molar-refractivity contribution is 5.87. The summed E-state index contributed by atoms with van der Waals surface area (Å²) in [6.07, 6.45) is -6.44. The van der Waals surface area contributed by atoms with Crippen LogP contribution < -0.4 is 4.74 Å².